The summed E-state index contributed by atoms with van der Waals surface area (Å²) >= 11 is 0. The summed E-state index contributed by atoms with van der Waals surface area (Å²) in [6.45, 7) is 4.84. The molecule has 0 spiro atoms. The van der Waals surface area contributed by atoms with Crippen LogP contribution in [-0.2, 0) is 27.4 Å². The van der Waals surface area contributed by atoms with Gasteiger partial charge in [-0.3, -0.25) is 9.59 Å². The Hall–Kier alpha value is -4.10. The largest absolute Gasteiger partial charge is 0.507 e. The fourth-order valence-electron chi connectivity index (χ4n) is 5.00. The Morgan fingerprint density at radius 3 is 2.63 bits per heavy atom. The number of hydrogen-bond acceptors (Lipinski definition) is 6. The maximum absolute atomic E-state index is 13.3. The highest BCUT2D eigenvalue weighted by Crippen LogP contribution is 2.41. The summed E-state index contributed by atoms with van der Waals surface area (Å²) < 4.78 is 17.0. The number of aliphatic hydroxyl groups excluding tert-OH is 1. The van der Waals surface area contributed by atoms with Crippen LogP contribution in [-0.4, -0.2) is 48.1 Å². The van der Waals surface area contributed by atoms with Gasteiger partial charge in [0.1, 0.15) is 30.0 Å². The molecule has 2 aliphatic heterocycles. The number of aliphatic hydroxyl groups is 1. The number of nitrogens with zero attached hydrogens (tertiary/aromatic N) is 1. The molecule has 7 heteroatoms. The lowest BCUT2D eigenvalue weighted by atomic mass is 9.94. The zero-order chi connectivity index (χ0) is 26.8. The summed E-state index contributed by atoms with van der Waals surface area (Å²) in [5.74, 6) is -0.229. The van der Waals surface area contributed by atoms with Crippen LogP contribution in [0.1, 0.15) is 40.8 Å². The monoisotopic (exact) mass is 513 g/mol. The van der Waals surface area contributed by atoms with Crippen molar-refractivity contribution in [2.24, 2.45) is 0 Å². The van der Waals surface area contributed by atoms with Gasteiger partial charge in [0.2, 0.25) is 0 Å². The molecule has 3 aromatic rings. The Morgan fingerprint density at radius 1 is 1.08 bits per heavy atom. The quantitative estimate of drug-likeness (QED) is 0.260. The Bertz CT molecular complexity index is 1390. The van der Waals surface area contributed by atoms with Gasteiger partial charge < -0.3 is 24.2 Å². The number of rotatable bonds is 8. The van der Waals surface area contributed by atoms with Crippen LogP contribution in [0.15, 0.2) is 72.3 Å². The van der Waals surface area contributed by atoms with E-state index in [-0.39, 0.29) is 30.6 Å². The minimum Gasteiger partial charge on any atom is -0.507 e. The third-order valence-electron chi connectivity index (χ3n) is 6.95. The standard InChI is InChI=1S/C31H31NO6/c1-19-7-9-21(10-8-19)18-37-25-6-4-5-22(17-25)28-27(30(34)31(35)32(28)13-14-36-3)29(33)23-11-12-26-24(16-23)15-20(2)38-26/h4-12,16-17,20,28,33H,13-15,18H2,1-3H3/b29-27-. The van der Waals surface area contributed by atoms with Gasteiger partial charge in [0.15, 0.2) is 0 Å². The molecule has 1 fully saturated rings. The smallest absolute Gasteiger partial charge is 0.295 e. The summed E-state index contributed by atoms with van der Waals surface area (Å²) in [7, 11) is 1.54. The van der Waals surface area contributed by atoms with Crippen molar-refractivity contribution in [1.82, 2.24) is 4.90 Å². The molecule has 2 aliphatic rings. The first-order valence-electron chi connectivity index (χ1n) is 12.7. The first-order valence-corrected chi connectivity index (χ1v) is 12.7. The molecular formula is C31H31NO6. The number of fused-ring (bicyclic) bond motifs is 1. The normalized spacial score (nSPS) is 19.9. The number of carbonyl (C=O) groups is 2. The first kappa shape index (κ1) is 25.5. The van der Waals surface area contributed by atoms with Gasteiger partial charge in [-0.1, -0.05) is 42.0 Å². The maximum atomic E-state index is 13.3. The van der Waals surface area contributed by atoms with Crippen LogP contribution in [0, 0.1) is 6.92 Å². The van der Waals surface area contributed by atoms with Crippen molar-refractivity contribution in [3.8, 4) is 11.5 Å². The Balaban J connectivity index is 1.51. The van der Waals surface area contributed by atoms with Gasteiger partial charge in [0.05, 0.1) is 18.2 Å². The Morgan fingerprint density at radius 2 is 1.87 bits per heavy atom. The van der Waals surface area contributed by atoms with Crippen molar-refractivity contribution in [3.63, 3.8) is 0 Å². The van der Waals surface area contributed by atoms with E-state index < -0.39 is 17.7 Å². The second-order valence-corrected chi connectivity index (χ2v) is 9.79. The van der Waals surface area contributed by atoms with Gasteiger partial charge in [-0.15, -0.1) is 0 Å². The zero-order valence-electron chi connectivity index (χ0n) is 21.8. The summed E-state index contributed by atoms with van der Waals surface area (Å²) in [5, 5.41) is 11.4. The van der Waals surface area contributed by atoms with Gasteiger partial charge in [-0.05, 0) is 60.9 Å². The van der Waals surface area contributed by atoms with E-state index >= 15 is 0 Å². The minimum absolute atomic E-state index is 0.0460. The topological polar surface area (TPSA) is 85.3 Å². The van der Waals surface area contributed by atoms with Crippen LogP contribution < -0.4 is 9.47 Å². The Labute approximate surface area is 222 Å². The van der Waals surface area contributed by atoms with Crippen molar-refractivity contribution < 1.29 is 28.9 Å². The zero-order valence-corrected chi connectivity index (χ0v) is 21.8. The molecule has 1 saturated heterocycles. The van der Waals surface area contributed by atoms with Gasteiger partial charge in [0.25, 0.3) is 11.7 Å². The molecule has 2 unspecified atom stereocenters. The minimum atomic E-state index is -0.781. The third kappa shape index (κ3) is 5.02. The molecule has 1 N–H and O–H groups in total. The lowest BCUT2D eigenvalue weighted by Gasteiger charge is -2.25. The predicted octanol–water partition coefficient (Wildman–Crippen LogP) is 4.97. The fourth-order valence-corrected chi connectivity index (χ4v) is 5.00. The molecule has 7 nitrogen and oxygen atoms in total. The van der Waals surface area contributed by atoms with E-state index in [9.17, 15) is 14.7 Å². The summed E-state index contributed by atoms with van der Waals surface area (Å²) in [6, 6.07) is 20.0. The number of likely N-dealkylation sites (tertiary alicyclic amines) is 1. The van der Waals surface area contributed by atoms with Crippen LogP contribution in [0.2, 0.25) is 0 Å². The second-order valence-electron chi connectivity index (χ2n) is 9.79. The van der Waals surface area contributed by atoms with Crippen LogP contribution >= 0.6 is 0 Å². The lowest BCUT2D eigenvalue weighted by Crippen LogP contribution is -2.32. The number of Topliss-reactive ketones (excluding diaryl/α,β-unsaturated/α-hetero) is 1. The Kier molecular flexibility index (Phi) is 7.20. The van der Waals surface area contributed by atoms with Crippen LogP contribution in [0.5, 0.6) is 11.5 Å². The maximum Gasteiger partial charge on any atom is 0.295 e. The molecule has 2 heterocycles. The molecule has 38 heavy (non-hydrogen) atoms. The molecule has 0 radical (unpaired) electrons. The summed E-state index contributed by atoms with van der Waals surface area (Å²) in [5.41, 5.74) is 4.35. The molecule has 3 aromatic carbocycles. The van der Waals surface area contributed by atoms with Crippen molar-refractivity contribution >= 4 is 17.4 Å². The number of aryl methyl sites for hydroxylation is 1. The van der Waals surface area contributed by atoms with E-state index in [1.807, 2.05) is 68.4 Å². The van der Waals surface area contributed by atoms with Crippen LogP contribution in [0.4, 0.5) is 0 Å². The highest BCUT2D eigenvalue weighted by atomic mass is 16.5. The summed E-state index contributed by atoms with van der Waals surface area (Å²) in [4.78, 5) is 27.9. The molecule has 2 atom stereocenters. The van der Waals surface area contributed by atoms with Crippen molar-refractivity contribution in [1.29, 1.82) is 0 Å². The molecule has 0 aliphatic carbocycles. The van der Waals surface area contributed by atoms with E-state index in [1.54, 1.807) is 19.2 Å². The molecule has 0 aromatic heterocycles. The number of hydrogen-bond donors (Lipinski definition) is 1. The van der Waals surface area contributed by atoms with Crippen molar-refractivity contribution in [2.45, 2.75) is 39.0 Å². The second kappa shape index (κ2) is 10.7. The molecule has 196 valence electrons. The van der Waals surface area contributed by atoms with Gasteiger partial charge in [0, 0.05) is 25.6 Å². The average molecular weight is 514 g/mol. The summed E-state index contributed by atoms with van der Waals surface area (Å²) in [6.07, 6.45) is 0.757. The number of amides is 1. The first-order chi connectivity index (χ1) is 18.4. The highest BCUT2D eigenvalue weighted by molar-refractivity contribution is 6.46. The van der Waals surface area contributed by atoms with Crippen LogP contribution in [0.3, 0.4) is 0 Å². The number of ketones is 1. The van der Waals surface area contributed by atoms with E-state index in [1.165, 1.54) is 10.5 Å². The molecule has 0 saturated carbocycles. The molecule has 5 rings (SSSR count). The third-order valence-corrected chi connectivity index (χ3v) is 6.95. The number of methoxy groups -OCH3 is 1. The van der Waals surface area contributed by atoms with Crippen molar-refractivity contribution in [3.05, 3.63) is 100 Å². The lowest BCUT2D eigenvalue weighted by molar-refractivity contribution is -0.140. The molecule has 1 amide bonds. The fraction of sp³-hybridized carbons (Fsp3) is 0.290. The number of carbonyl (C=O) groups excluding carboxylic acids is 2. The van der Waals surface area contributed by atoms with Gasteiger partial charge in [-0.25, -0.2) is 0 Å². The number of ether oxygens (including phenoxy) is 3. The van der Waals surface area contributed by atoms with E-state index in [2.05, 4.69) is 0 Å². The van der Waals surface area contributed by atoms with Gasteiger partial charge >= 0.3 is 0 Å². The van der Waals surface area contributed by atoms with E-state index in [0.717, 1.165) is 16.9 Å². The molecular weight excluding hydrogens is 482 g/mol. The van der Waals surface area contributed by atoms with Crippen LogP contribution in [0.25, 0.3) is 5.76 Å². The number of benzene rings is 3. The highest BCUT2D eigenvalue weighted by Gasteiger charge is 2.46. The SMILES string of the molecule is COCCN1C(=O)C(=O)/C(=C(\O)c2ccc3c(c2)CC(C)O3)C1c1cccc(OCc2ccc(C)cc2)c1. The molecule has 0 bridgehead atoms. The predicted molar refractivity (Wildman–Crippen MR) is 143 cm³/mol. The van der Waals surface area contributed by atoms with Crippen molar-refractivity contribution in [2.75, 3.05) is 20.3 Å². The average Bonchev–Trinajstić information content (AvgIpc) is 3.42. The van der Waals surface area contributed by atoms with E-state index in [4.69, 9.17) is 14.2 Å². The van der Waals surface area contributed by atoms with Gasteiger partial charge in [-0.2, -0.15) is 0 Å². The van der Waals surface area contributed by atoms with E-state index in [0.29, 0.717) is 29.9 Å².